The van der Waals surface area contributed by atoms with E-state index in [1.165, 1.54) is 0 Å². The van der Waals surface area contributed by atoms with Crippen molar-refractivity contribution in [1.82, 2.24) is 0 Å². The summed E-state index contributed by atoms with van der Waals surface area (Å²) in [5, 5.41) is 1.23. The molecule has 2 unspecified atom stereocenters. The molecule has 0 N–H and O–H groups in total. The van der Waals surface area contributed by atoms with Crippen molar-refractivity contribution in [3.63, 3.8) is 0 Å². The topological polar surface area (TPSA) is 30.2 Å². The van der Waals surface area contributed by atoms with Crippen molar-refractivity contribution < 1.29 is 4.42 Å². The van der Waals surface area contributed by atoms with Crippen molar-refractivity contribution in [2.24, 2.45) is 0 Å². The van der Waals surface area contributed by atoms with E-state index in [1.807, 2.05) is 44.2 Å². The van der Waals surface area contributed by atoms with E-state index in [0.29, 0.717) is 21.9 Å². The molecule has 0 fully saturated rings. The molecule has 2 aromatic carbocycles. The summed E-state index contributed by atoms with van der Waals surface area (Å²) in [5.41, 5.74) is 3.16. The number of hydrogen-bond donors (Lipinski definition) is 2. The fourth-order valence-electron chi connectivity index (χ4n) is 2.51. The Bertz CT molecular complexity index is 879. The second-order valence-electron chi connectivity index (χ2n) is 5.27. The monoisotopic (exact) mass is 316 g/mol. The van der Waals surface area contributed by atoms with Crippen LogP contribution < -0.4 is 5.43 Å². The van der Waals surface area contributed by atoms with Crippen LogP contribution in [0.15, 0.2) is 45.6 Å². The molecule has 0 saturated heterocycles. The van der Waals surface area contributed by atoms with Crippen LogP contribution in [-0.4, -0.2) is 0 Å². The van der Waals surface area contributed by atoms with Gasteiger partial charge in [-0.15, -0.1) is 0 Å². The molecule has 0 bridgehead atoms. The molecule has 1 heterocycles. The fraction of sp³-hybridized carbons (Fsp3) is 0.235. The summed E-state index contributed by atoms with van der Waals surface area (Å²) in [4.78, 5) is 12.7. The van der Waals surface area contributed by atoms with Gasteiger partial charge in [0.25, 0.3) is 0 Å². The Balaban J connectivity index is 2.52. The van der Waals surface area contributed by atoms with Crippen LogP contribution in [-0.2, 0) is 0 Å². The van der Waals surface area contributed by atoms with Gasteiger partial charge < -0.3 is 4.42 Å². The molecule has 2 atom stereocenters. The molecule has 0 saturated carbocycles. The van der Waals surface area contributed by atoms with Gasteiger partial charge in [0.15, 0.2) is 0 Å². The van der Waals surface area contributed by atoms with E-state index in [-0.39, 0.29) is 15.9 Å². The lowest BCUT2D eigenvalue weighted by Gasteiger charge is -2.13. The highest BCUT2D eigenvalue weighted by Crippen LogP contribution is 2.33. The van der Waals surface area contributed by atoms with Gasteiger partial charge in [-0.1, -0.05) is 12.1 Å². The van der Waals surface area contributed by atoms with Crippen molar-refractivity contribution in [3.05, 3.63) is 57.7 Å². The molecule has 1 aromatic heterocycles. The zero-order valence-electron chi connectivity index (χ0n) is 11.8. The maximum absolute atomic E-state index is 12.7. The van der Waals surface area contributed by atoms with Gasteiger partial charge >= 0.3 is 0 Å². The summed E-state index contributed by atoms with van der Waals surface area (Å²) in [7, 11) is 0. The first-order valence-corrected chi connectivity index (χ1v) is 7.88. The molecule has 0 aliphatic rings. The second kappa shape index (κ2) is 5.43. The average Bonchev–Trinajstić information content (AvgIpc) is 2.46. The summed E-state index contributed by atoms with van der Waals surface area (Å²) in [6.07, 6.45) is 0. The minimum atomic E-state index is -0.0242. The Morgan fingerprint density at radius 2 is 1.71 bits per heavy atom. The maximum atomic E-state index is 12.7. The second-order valence-corrected chi connectivity index (χ2v) is 6.82. The van der Waals surface area contributed by atoms with Crippen LogP contribution in [0.4, 0.5) is 0 Å². The van der Waals surface area contributed by atoms with Crippen LogP contribution in [0.3, 0.4) is 0 Å². The number of benzene rings is 2. The summed E-state index contributed by atoms with van der Waals surface area (Å²) in [5.74, 6) is 0. The van der Waals surface area contributed by atoms with Gasteiger partial charge in [0.2, 0.25) is 5.43 Å². The number of para-hydroxylation sites is 1. The summed E-state index contributed by atoms with van der Waals surface area (Å²) in [6.45, 7) is 3.96. The maximum Gasteiger partial charge on any atom is 0.200 e. The zero-order valence-corrected chi connectivity index (χ0v) is 13.6. The van der Waals surface area contributed by atoms with E-state index >= 15 is 0 Å². The highest BCUT2D eigenvalue weighted by Gasteiger charge is 2.16. The van der Waals surface area contributed by atoms with Gasteiger partial charge in [0.1, 0.15) is 11.2 Å². The third kappa shape index (κ3) is 2.47. The zero-order chi connectivity index (χ0) is 15.1. The van der Waals surface area contributed by atoms with Gasteiger partial charge in [-0.25, -0.2) is 0 Å². The highest BCUT2D eigenvalue weighted by molar-refractivity contribution is 7.80. The Morgan fingerprint density at radius 3 is 2.38 bits per heavy atom. The lowest BCUT2D eigenvalue weighted by Crippen LogP contribution is -2.05. The van der Waals surface area contributed by atoms with E-state index in [0.717, 1.165) is 11.1 Å². The normalized spacial score (nSPS) is 14.5. The summed E-state index contributed by atoms with van der Waals surface area (Å²) < 4.78 is 5.98. The number of thiol groups is 2. The van der Waals surface area contributed by atoms with Crippen LogP contribution in [0, 0.1) is 0 Å². The van der Waals surface area contributed by atoms with Crippen LogP contribution in [0.2, 0.25) is 0 Å². The SMILES string of the molecule is CC(S)c1cc(C(C)S)c2oc3ccccc3c(=O)c2c1. The van der Waals surface area contributed by atoms with E-state index in [9.17, 15) is 4.79 Å². The Hall–Kier alpha value is -1.39. The molecule has 3 rings (SSSR count). The van der Waals surface area contributed by atoms with Crippen LogP contribution in [0.1, 0.15) is 35.5 Å². The predicted molar refractivity (Wildman–Crippen MR) is 94.8 cm³/mol. The average molecular weight is 316 g/mol. The van der Waals surface area contributed by atoms with Crippen molar-refractivity contribution in [2.45, 2.75) is 24.3 Å². The third-order valence-corrected chi connectivity index (χ3v) is 4.24. The largest absolute Gasteiger partial charge is 0.455 e. The lowest BCUT2D eigenvalue weighted by atomic mass is 10.0. The molecule has 4 heteroatoms. The third-order valence-electron chi connectivity index (χ3n) is 3.66. The van der Waals surface area contributed by atoms with E-state index in [4.69, 9.17) is 4.42 Å². The predicted octanol–water partition coefficient (Wildman–Crippen LogP) is 4.93. The lowest BCUT2D eigenvalue weighted by molar-refractivity contribution is 0.653. The molecule has 0 amide bonds. The van der Waals surface area contributed by atoms with E-state index < -0.39 is 0 Å². The van der Waals surface area contributed by atoms with Crippen LogP contribution in [0.5, 0.6) is 0 Å². The first-order chi connectivity index (χ1) is 9.99. The standard InChI is InChI=1S/C17H16O2S2/c1-9(20)11-7-13(10(2)21)17-14(8-11)16(18)12-5-3-4-6-15(12)19-17/h3-10,20-21H,1-2H3. The van der Waals surface area contributed by atoms with Crippen molar-refractivity contribution in [1.29, 1.82) is 0 Å². The number of rotatable bonds is 2. The molecule has 3 aromatic rings. The molecular formula is C17H16O2S2. The Kier molecular flexibility index (Phi) is 3.76. The minimum absolute atomic E-state index is 0.00193. The molecule has 0 radical (unpaired) electrons. The molecule has 2 nitrogen and oxygen atoms in total. The van der Waals surface area contributed by atoms with Gasteiger partial charge in [0.05, 0.1) is 10.8 Å². The van der Waals surface area contributed by atoms with Crippen molar-refractivity contribution in [2.75, 3.05) is 0 Å². The first-order valence-electron chi connectivity index (χ1n) is 6.84. The molecule has 0 aliphatic carbocycles. The highest BCUT2D eigenvalue weighted by atomic mass is 32.1. The molecule has 0 spiro atoms. The molecule has 0 aliphatic heterocycles. The minimum Gasteiger partial charge on any atom is -0.455 e. The van der Waals surface area contributed by atoms with Gasteiger partial charge in [-0.3, -0.25) is 4.79 Å². The van der Waals surface area contributed by atoms with Crippen molar-refractivity contribution in [3.8, 4) is 0 Å². The summed E-state index contributed by atoms with van der Waals surface area (Å²) in [6, 6.07) is 11.2. The van der Waals surface area contributed by atoms with E-state index in [2.05, 4.69) is 25.3 Å². The van der Waals surface area contributed by atoms with Crippen LogP contribution >= 0.6 is 25.3 Å². The molecular weight excluding hydrogens is 300 g/mol. The Labute approximate surface area is 134 Å². The quantitative estimate of drug-likeness (QED) is 0.519. The van der Waals surface area contributed by atoms with Gasteiger partial charge in [-0.05, 0) is 43.7 Å². The Morgan fingerprint density at radius 1 is 1.00 bits per heavy atom. The van der Waals surface area contributed by atoms with Gasteiger partial charge in [0, 0.05) is 16.1 Å². The fourth-order valence-corrected chi connectivity index (χ4v) is 2.85. The smallest absolute Gasteiger partial charge is 0.200 e. The number of fused-ring (bicyclic) bond motifs is 2. The van der Waals surface area contributed by atoms with Crippen molar-refractivity contribution >= 4 is 47.2 Å². The van der Waals surface area contributed by atoms with E-state index in [1.54, 1.807) is 6.07 Å². The van der Waals surface area contributed by atoms with Gasteiger partial charge in [-0.2, -0.15) is 25.3 Å². The molecule has 21 heavy (non-hydrogen) atoms. The first kappa shape index (κ1) is 14.5. The van der Waals surface area contributed by atoms with Crippen LogP contribution in [0.25, 0.3) is 21.9 Å². The number of hydrogen-bond acceptors (Lipinski definition) is 4. The summed E-state index contributed by atoms with van der Waals surface area (Å²) >= 11 is 9.00. The molecule has 108 valence electrons.